The number of hydrogen-bond donors (Lipinski definition) is 3. The predicted octanol–water partition coefficient (Wildman–Crippen LogP) is 4.62. The predicted molar refractivity (Wildman–Crippen MR) is 114 cm³/mol. The molecule has 1 aliphatic carbocycles. The minimum absolute atomic E-state index is 0.0341. The summed E-state index contributed by atoms with van der Waals surface area (Å²) in [6, 6.07) is -0.253. The third-order valence-corrected chi connectivity index (χ3v) is 8.40. The summed E-state index contributed by atoms with van der Waals surface area (Å²) in [5.41, 5.74) is 4.38. The molecule has 144 valence electrons. The summed E-state index contributed by atoms with van der Waals surface area (Å²) in [4.78, 5) is 27.3. The summed E-state index contributed by atoms with van der Waals surface area (Å²) >= 11 is 6.94. The van der Waals surface area contributed by atoms with Crippen LogP contribution in [-0.4, -0.2) is 18.4 Å². The number of fused-ring (bicyclic) bond motifs is 2. The van der Waals surface area contributed by atoms with Crippen LogP contribution in [0.15, 0.2) is 3.79 Å². The molecule has 0 aromatic carbocycles. The van der Waals surface area contributed by atoms with E-state index in [2.05, 4.69) is 31.9 Å². The number of rotatable bonds is 4. The summed E-state index contributed by atoms with van der Waals surface area (Å²) < 4.78 is 1.09. The third-order valence-electron chi connectivity index (χ3n) is 5.16. The second-order valence-electron chi connectivity index (χ2n) is 6.96. The molecule has 0 saturated carbocycles. The maximum atomic E-state index is 12.5. The molecule has 0 atom stereocenters. The fourth-order valence-corrected chi connectivity index (χ4v) is 7.24. The van der Waals surface area contributed by atoms with Gasteiger partial charge in [-0.05, 0) is 78.2 Å². The van der Waals surface area contributed by atoms with Gasteiger partial charge in [0.15, 0.2) is 5.78 Å². The van der Waals surface area contributed by atoms with Gasteiger partial charge in [0.05, 0.1) is 9.35 Å². The molecule has 5 nitrogen and oxygen atoms in total. The molecule has 0 saturated heterocycles. The smallest absolute Gasteiger partial charge is 0.320 e. The second kappa shape index (κ2) is 8.03. The van der Waals surface area contributed by atoms with E-state index in [9.17, 15) is 9.59 Å². The topological polar surface area (TPSA) is 70.2 Å². The number of carbonyl (C=O) groups is 2. The lowest BCUT2D eigenvalue weighted by Gasteiger charge is -2.15. The molecule has 2 aromatic heterocycles. The Balaban J connectivity index is 1.47. The first-order valence-electron chi connectivity index (χ1n) is 9.24. The molecule has 27 heavy (non-hydrogen) atoms. The number of urea groups is 1. The Morgan fingerprint density at radius 1 is 1.11 bits per heavy atom. The number of amides is 2. The lowest BCUT2D eigenvalue weighted by molar-refractivity contribution is 0.101. The van der Waals surface area contributed by atoms with Gasteiger partial charge < -0.3 is 10.6 Å². The van der Waals surface area contributed by atoms with Crippen molar-refractivity contribution in [1.82, 2.24) is 10.6 Å². The molecule has 3 N–H and O–H groups in total. The Bertz CT molecular complexity index is 903. The van der Waals surface area contributed by atoms with E-state index in [0.29, 0.717) is 17.1 Å². The van der Waals surface area contributed by atoms with E-state index in [0.717, 1.165) is 54.5 Å². The van der Waals surface area contributed by atoms with Gasteiger partial charge in [0.2, 0.25) is 0 Å². The molecule has 4 rings (SSSR count). The average molecular weight is 468 g/mol. The summed E-state index contributed by atoms with van der Waals surface area (Å²) in [7, 11) is 0. The van der Waals surface area contributed by atoms with E-state index in [-0.39, 0.29) is 11.8 Å². The Hall–Kier alpha value is -1.22. The van der Waals surface area contributed by atoms with Gasteiger partial charge in [-0.3, -0.25) is 10.1 Å². The van der Waals surface area contributed by atoms with Crippen LogP contribution in [0.5, 0.6) is 0 Å². The Morgan fingerprint density at radius 2 is 1.93 bits per heavy atom. The van der Waals surface area contributed by atoms with Crippen molar-refractivity contribution < 1.29 is 9.59 Å². The number of halogens is 1. The van der Waals surface area contributed by atoms with Gasteiger partial charge in [-0.2, -0.15) is 0 Å². The highest BCUT2D eigenvalue weighted by Crippen LogP contribution is 2.38. The number of hydrogen-bond acceptors (Lipinski definition) is 5. The molecule has 8 heteroatoms. The summed E-state index contributed by atoms with van der Waals surface area (Å²) in [5, 5.41) is 9.98. The number of nitrogens with one attached hydrogen (secondary N) is 3. The third kappa shape index (κ3) is 3.85. The first-order chi connectivity index (χ1) is 13.0. The lowest BCUT2D eigenvalue weighted by Crippen LogP contribution is -2.29. The highest BCUT2D eigenvalue weighted by atomic mass is 79.9. The first-order valence-corrected chi connectivity index (χ1v) is 11.7. The van der Waals surface area contributed by atoms with E-state index in [1.807, 2.05) is 0 Å². The van der Waals surface area contributed by atoms with Crippen molar-refractivity contribution in [1.29, 1.82) is 0 Å². The molecule has 0 bridgehead atoms. The van der Waals surface area contributed by atoms with Crippen LogP contribution in [0.2, 0.25) is 0 Å². The molecule has 2 aromatic rings. The lowest BCUT2D eigenvalue weighted by atomic mass is 9.94. The van der Waals surface area contributed by atoms with Gasteiger partial charge in [-0.25, -0.2) is 4.79 Å². The van der Waals surface area contributed by atoms with Crippen LogP contribution in [0.1, 0.15) is 56.6 Å². The maximum Gasteiger partial charge on any atom is 0.320 e. The number of ketones is 1. The Morgan fingerprint density at radius 3 is 2.74 bits per heavy atom. The van der Waals surface area contributed by atoms with E-state index >= 15 is 0 Å². The van der Waals surface area contributed by atoms with Gasteiger partial charge in [-0.1, -0.05) is 0 Å². The highest BCUT2D eigenvalue weighted by Gasteiger charge is 2.25. The fourth-order valence-electron chi connectivity index (χ4n) is 3.89. The Labute approximate surface area is 175 Å². The van der Waals surface area contributed by atoms with E-state index in [1.165, 1.54) is 20.9 Å². The van der Waals surface area contributed by atoms with Crippen molar-refractivity contribution in [2.75, 3.05) is 11.9 Å². The van der Waals surface area contributed by atoms with Gasteiger partial charge in [0.1, 0.15) is 5.00 Å². The van der Waals surface area contributed by atoms with Crippen LogP contribution in [0.4, 0.5) is 9.80 Å². The molecule has 0 unspecified atom stereocenters. The minimum Gasteiger partial charge on any atom is -0.334 e. The van der Waals surface area contributed by atoms with Gasteiger partial charge >= 0.3 is 6.03 Å². The van der Waals surface area contributed by atoms with Crippen molar-refractivity contribution in [3.63, 3.8) is 0 Å². The van der Waals surface area contributed by atoms with Crippen LogP contribution >= 0.6 is 38.6 Å². The molecule has 1 aliphatic heterocycles. The van der Waals surface area contributed by atoms with Crippen LogP contribution in [0, 0.1) is 0 Å². The summed E-state index contributed by atoms with van der Waals surface area (Å²) in [6.45, 7) is 3.94. The molecule has 0 spiro atoms. The zero-order valence-corrected chi connectivity index (χ0v) is 18.4. The van der Waals surface area contributed by atoms with Gasteiger partial charge in [-0.15, -0.1) is 22.7 Å². The zero-order valence-electron chi connectivity index (χ0n) is 15.2. The largest absolute Gasteiger partial charge is 0.334 e. The minimum atomic E-state index is -0.253. The van der Waals surface area contributed by atoms with Crippen LogP contribution < -0.4 is 16.0 Å². The molecular formula is C19H22BrN3O2S2. The van der Waals surface area contributed by atoms with E-state index < -0.39 is 0 Å². The SMILES string of the molecule is CC(=O)c1c(NC(=O)NCc2c(Br)sc3c2CCNC3)sc2c1CCCC2. The second-order valence-corrected chi connectivity index (χ2v) is 10.5. The van der Waals surface area contributed by atoms with Gasteiger partial charge in [0, 0.05) is 22.8 Å². The normalized spacial score (nSPS) is 15.8. The first kappa shape index (κ1) is 19.1. The molecule has 3 heterocycles. The quantitative estimate of drug-likeness (QED) is 0.574. The van der Waals surface area contributed by atoms with Crippen molar-refractivity contribution in [2.45, 2.75) is 52.1 Å². The standard InChI is InChI=1S/C19H22BrN3O2S2/c1-10(24)16-12-4-2-3-5-14(12)27-18(16)23-19(25)22-8-13-11-6-7-21-9-15(11)26-17(13)20/h21H,2-9H2,1H3,(H2,22,23,25). The molecular weight excluding hydrogens is 446 g/mol. The summed E-state index contributed by atoms with van der Waals surface area (Å²) in [5.74, 6) is 0.0341. The molecule has 2 amide bonds. The average Bonchev–Trinajstić information content (AvgIpc) is 3.16. The summed E-state index contributed by atoms with van der Waals surface area (Å²) in [6.07, 6.45) is 5.20. The van der Waals surface area contributed by atoms with Crippen molar-refractivity contribution in [2.24, 2.45) is 0 Å². The Kier molecular flexibility index (Phi) is 5.68. The van der Waals surface area contributed by atoms with Crippen LogP contribution in [0.25, 0.3) is 0 Å². The van der Waals surface area contributed by atoms with Crippen LogP contribution in [0.3, 0.4) is 0 Å². The van der Waals surface area contributed by atoms with Gasteiger partial charge in [0.25, 0.3) is 0 Å². The number of thiophene rings is 2. The number of aryl methyl sites for hydroxylation is 1. The number of carbonyl (C=O) groups excluding carboxylic acids is 2. The van der Waals surface area contributed by atoms with Crippen molar-refractivity contribution >= 4 is 55.4 Å². The van der Waals surface area contributed by atoms with Crippen molar-refractivity contribution in [3.8, 4) is 0 Å². The van der Waals surface area contributed by atoms with Crippen molar-refractivity contribution in [3.05, 3.63) is 35.8 Å². The maximum absolute atomic E-state index is 12.5. The highest BCUT2D eigenvalue weighted by molar-refractivity contribution is 9.11. The number of anilines is 1. The molecule has 0 radical (unpaired) electrons. The molecule has 0 fully saturated rings. The van der Waals surface area contributed by atoms with E-state index in [1.54, 1.807) is 29.6 Å². The fraction of sp³-hybridized carbons (Fsp3) is 0.474. The monoisotopic (exact) mass is 467 g/mol. The molecule has 2 aliphatic rings. The zero-order chi connectivity index (χ0) is 19.0. The van der Waals surface area contributed by atoms with E-state index in [4.69, 9.17) is 0 Å². The number of Topliss-reactive ketones (excluding diaryl/α,β-unsaturated/α-hetero) is 1. The van der Waals surface area contributed by atoms with Crippen LogP contribution in [-0.2, 0) is 32.4 Å².